The molecule has 0 amide bonds. The number of rotatable bonds is 2. The van der Waals surface area contributed by atoms with Crippen LogP contribution in [0.25, 0.3) is 10.9 Å². The zero-order chi connectivity index (χ0) is 15.9. The summed E-state index contributed by atoms with van der Waals surface area (Å²) < 4.78 is 27.9. The van der Waals surface area contributed by atoms with Crippen molar-refractivity contribution in [2.45, 2.75) is 0 Å². The fourth-order valence-electron chi connectivity index (χ4n) is 1.90. The van der Waals surface area contributed by atoms with E-state index in [2.05, 4.69) is 31.2 Å². The summed E-state index contributed by atoms with van der Waals surface area (Å²) in [5.74, 6) is -0.817. The van der Waals surface area contributed by atoms with Gasteiger partial charge in [0, 0.05) is 11.5 Å². The van der Waals surface area contributed by atoms with Crippen LogP contribution in [0.4, 0.5) is 20.3 Å². The second-order valence-electron chi connectivity index (χ2n) is 4.35. The van der Waals surface area contributed by atoms with Crippen LogP contribution in [0.3, 0.4) is 0 Å². The van der Waals surface area contributed by atoms with Crippen molar-refractivity contribution >= 4 is 61.5 Å². The van der Waals surface area contributed by atoms with E-state index in [0.29, 0.717) is 16.7 Å². The minimum Gasteiger partial charge on any atom is -0.337 e. The van der Waals surface area contributed by atoms with Crippen LogP contribution < -0.4 is 5.32 Å². The molecule has 0 aliphatic rings. The first kappa shape index (κ1) is 15.4. The van der Waals surface area contributed by atoms with Gasteiger partial charge in [-0.15, -0.1) is 0 Å². The van der Waals surface area contributed by atoms with Crippen molar-refractivity contribution in [3.8, 4) is 0 Å². The second-order valence-corrected chi connectivity index (χ2v) is 5.99. The summed E-state index contributed by atoms with van der Waals surface area (Å²) in [5.41, 5.74) is 0.494. The zero-order valence-electron chi connectivity index (χ0n) is 10.7. The minimum atomic E-state index is -0.692. The third-order valence-electron chi connectivity index (χ3n) is 2.97. The fraction of sp³-hybridized carbons (Fsp3) is 0. The predicted octanol–water partition coefficient (Wildman–Crippen LogP) is 5.72. The van der Waals surface area contributed by atoms with Crippen LogP contribution in [-0.4, -0.2) is 9.97 Å². The van der Waals surface area contributed by atoms with Gasteiger partial charge < -0.3 is 5.32 Å². The van der Waals surface area contributed by atoms with Crippen LogP contribution in [0.15, 0.2) is 35.1 Å². The van der Waals surface area contributed by atoms with Crippen LogP contribution in [0.5, 0.6) is 0 Å². The standard InChI is InChI=1S/C14H6BrCl2F2N3/c15-7-3-6-11(4-9(7)18)20-5-21-14(6)22-10-2-1-8(16)12(17)13(10)19/h1-5H,(H,20,21,22). The lowest BCUT2D eigenvalue weighted by Gasteiger charge is -2.11. The highest BCUT2D eigenvalue weighted by Gasteiger charge is 2.13. The molecule has 3 aromatic rings. The molecule has 0 bridgehead atoms. The Hall–Kier alpha value is -1.50. The number of hydrogen-bond acceptors (Lipinski definition) is 3. The maximum atomic E-state index is 14.1. The van der Waals surface area contributed by atoms with Gasteiger partial charge in [0.05, 0.1) is 25.7 Å². The largest absolute Gasteiger partial charge is 0.337 e. The lowest BCUT2D eigenvalue weighted by Crippen LogP contribution is -1.99. The summed E-state index contributed by atoms with van der Waals surface area (Å²) in [7, 11) is 0. The van der Waals surface area contributed by atoms with E-state index < -0.39 is 11.6 Å². The average molecular weight is 405 g/mol. The number of nitrogens with zero attached hydrogens (tertiary/aromatic N) is 2. The second kappa shape index (κ2) is 5.95. The molecule has 8 heteroatoms. The Morgan fingerprint density at radius 1 is 1.09 bits per heavy atom. The van der Waals surface area contributed by atoms with Crippen LogP contribution in [0.2, 0.25) is 10.0 Å². The summed E-state index contributed by atoms with van der Waals surface area (Å²) >= 11 is 14.6. The highest BCUT2D eigenvalue weighted by atomic mass is 79.9. The summed E-state index contributed by atoms with van der Waals surface area (Å²) in [4.78, 5) is 8.04. The quantitative estimate of drug-likeness (QED) is 0.555. The summed E-state index contributed by atoms with van der Waals surface area (Å²) in [6.45, 7) is 0. The van der Waals surface area contributed by atoms with Crippen molar-refractivity contribution in [2.75, 3.05) is 5.32 Å². The molecule has 2 aromatic carbocycles. The first-order valence-corrected chi connectivity index (χ1v) is 7.52. The SMILES string of the molecule is Fc1cc2ncnc(Nc3ccc(Cl)c(Cl)c3F)c2cc1Br. The molecule has 0 aliphatic heterocycles. The van der Waals surface area contributed by atoms with Gasteiger partial charge in [-0.2, -0.15) is 0 Å². The molecule has 3 rings (SSSR count). The highest BCUT2D eigenvalue weighted by Crippen LogP contribution is 2.33. The maximum absolute atomic E-state index is 14.1. The van der Waals surface area contributed by atoms with Gasteiger partial charge in [-0.3, -0.25) is 0 Å². The number of nitrogens with one attached hydrogen (secondary N) is 1. The van der Waals surface area contributed by atoms with Gasteiger partial charge >= 0.3 is 0 Å². The number of benzene rings is 2. The normalized spacial score (nSPS) is 11.0. The Labute approximate surface area is 142 Å². The van der Waals surface area contributed by atoms with Crippen LogP contribution >= 0.6 is 39.1 Å². The van der Waals surface area contributed by atoms with Crippen molar-refractivity contribution in [3.63, 3.8) is 0 Å². The monoisotopic (exact) mass is 403 g/mol. The third kappa shape index (κ3) is 2.74. The lowest BCUT2D eigenvalue weighted by molar-refractivity contribution is 0.622. The molecular formula is C14H6BrCl2F2N3. The average Bonchev–Trinajstić information content (AvgIpc) is 2.50. The third-order valence-corrected chi connectivity index (χ3v) is 4.35. The number of aromatic nitrogens is 2. The van der Waals surface area contributed by atoms with E-state index >= 15 is 0 Å². The first-order chi connectivity index (χ1) is 10.5. The Bertz CT molecular complexity index is 890. The van der Waals surface area contributed by atoms with Gasteiger partial charge in [0.15, 0.2) is 5.82 Å². The van der Waals surface area contributed by atoms with E-state index in [0.717, 1.165) is 0 Å². The number of hydrogen-bond donors (Lipinski definition) is 1. The Kier molecular flexibility index (Phi) is 4.16. The molecule has 0 saturated heterocycles. The molecule has 1 aromatic heterocycles. The molecule has 112 valence electrons. The van der Waals surface area contributed by atoms with E-state index in [-0.39, 0.29) is 20.2 Å². The van der Waals surface area contributed by atoms with E-state index in [1.165, 1.54) is 30.6 Å². The molecule has 0 atom stereocenters. The molecule has 3 nitrogen and oxygen atoms in total. The summed E-state index contributed by atoms with van der Waals surface area (Å²) in [6.07, 6.45) is 1.26. The minimum absolute atomic E-state index is 0.106. The first-order valence-electron chi connectivity index (χ1n) is 5.97. The number of anilines is 2. The van der Waals surface area contributed by atoms with Gasteiger partial charge in [0.25, 0.3) is 0 Å². The Morgan fingerprint density at radius 3 is 2.64 bits per heavy atom. The van der Waals surface area contributed by atoms with Crippen molar-refractivity contribution in [1.82, 2.24) is 9.97 Å². The highest BCUT2D eigenvalue weighted by molar-refractivity contribution is 9.10. The molecule has 0 spiro atoms. The van der Waals surface area contributed by atoms with Gasteiger partial charge in [0.1, 0.15) is 18.0 Å². The van der Waals surface area contributed by atoms with Crippen LogP contribution in [-0.2, 0) is 0 Å². The molecule has 0 aliphatic carbocycles. The number of halogens is 5. The molecule has 1 heterocycles. The van der Waals surface area contributed by atoms with E-state index in [9.17, 15) is 8.78 Å². The lowest BCUT2D eigenvalue weighted by atomic mass is 10.2. The maximum Gasteiger partial charge on any atom is 0.166 e. The van der Waals surface area contributed by atoms with E-state index in [1.807, 2.05) is 0 Å². The zero-order valence-corrected chi connectivity index (χ0v) is 13.8. The molecular weight excluding hydrogens is 399 g/mol. The van der Waals surface area contributed by atoms with Crippen molar-refractivity contribution in [1.29, 1.82) is 0 Å². The predicted molar refractivity (Wildman–Crippen MR) is 86.9 cm³/mol. The van der Waals surface area contributed by atoms with Crippen LogP contribution in [0, 0.1) is 11.6 Å². The van der Waals surface area contributed by atoms with Crippen molar-refractivity contribution in [2.24, 2.45) is 0 Å². The summed E-state index contributed by atoms with van der Waals surface area (Å²) in [6, 6.07) is 5.68. The Balaban J connectivity index is 2.12. The molecule has 0 fully saturated rings. The fourth-order valence-corrected chi connectivity index (χ4v) is 2.55. The molecule has 0 saturated carbocycles. The molecule has 0 unspecified atom stereocenters. The van der Waals surface area contributed by atoms with Gasteiger partial charge in [-0.25, -0.2) is 18.7 Å². The molecule has 1 N–H and O–H groups in total. The topological polar surface area (TPSA) is 37.8 Å². The van der Waals surface area contributed by atoms with Crippen molar-refractivity contribution in [3.05, 3.63) is 56.7 Å². The van der Waals surface area contributed by atoms with Crippen LogP contribution in [0.1, 0.15) is 0 Å². The molecule has 22 heavy (non-hydrogen) atoms. The molecule has 0 radical (unpaired) electrons. The van der Waals surface area contributed by atoms with E-state index in [1.54, 1.807) is 0 Å². The van der Waals surface area contributed by atoms with Gasteiger partial charge in [-0.1, -0.05) is 23.2 Å². The van der Waals surface area contributed by atoms with E-state index in [4.69, 9.17) is 23.2 Å². The van der Waals surface area contributed by atoms with Gasteiger partial charge in [-0.05, 0) is 34.1 Å². The van der Waals surface area contributed by atoms with Crippen molar-refractivity contribution < 1.29 is 8.78 Å². The van der Waals surface area contributed by atoms with Gasteiger partial charge in [0.2, 0.25) is 0 Å². The Morgan fingerprint density at radius 2 is 1.86 bits per heavy atom. The summed E-state index contributed by atoms with van der Waals surface area (Å²) in [5, 5.41) is 3.28. The number of fused-ring (bicyclic) bond motifs is 1. The smallest absolute Gasteiger partial charge is 0.166 e.